The Balaban J connectivity index is 1.78. The molecule has 3 nitrogen and oxygen atoms in total. The van der Waals surface area contributed by atoms with Crippen molar-refractivity contribution >= 4 is 34.8 Å². The molecule has 2 N–H and O–H groups in total. The standard InChI is InChI=1S/C18H16Cl3N3/c19-14-7-12(8-15(20)10-14)9-17(18-22-5-6-23-18)24-11-13-3-1-2-4-16(13)21/h1-8,10,17,24H,9,11H2,(H,22,23). The van der Waals surface area contributed by atoms with Gasteiger partial charge in [0.15, 0.2) is 0 Å². The molecule has 0 spiro atoms. The van der Waals surface area contributed by atoms with E-state index in [-0.39, 0.29) is 6.04 Å². The lowest BCUT2D eigenvalue weighted by atomic mass is 10.0. The van der Waals surface area contributed by atoms with Gasteiger partial charge in [0.1, 0.15) is 5.82 Å². The molecule has 1 atom stereocenters. The molecule has 0 saturated heterocycles. The van der Waals surface area contributed by atoms with E-state index in [4.69, 9.17) is 34.8 Å². The number of aromatic nitrogens is 2. The van der Waals surface area contributed by atoms with Crippen LogP contribution in [0.5, 0.6) is 0 Å². The Labute approximate surface area is 156 Å². The average molecular weight is 381 g/mol. The van der Waals surface area contributed by atoms with E-state index in [2.05, 4.69) is 15.3 Å². The summed E-state index contributed by atoms with van der Waals surface area (Å²) >= 11 is 18.4. The Kier molecular flexibility index (Phi) is 5.80. The Morgan fingerprint density at radius 3 is 2.46 bits per heavy atom. The zero-order valence-corrected chi connectivity index (χ0v) is 15.0. The molecule has 0 radical (unpaired) electrons. The molecule has 3 rings (SSSR count). The van der Waals surface area contributed by atoms with Crippen LogP contribution in [0.25, 0.3) is 0 Å². The number of halogens is 3. The Morgan fingerprint density at radius 1 is 1.04 bits per heavy atom. The third kappa shape index (κ3) is 4.52. The summed E-state index contributed by atoms with van der Waals surface area (Å²) in [7, 11) is 0. The zero-order valence-electron chi connectivity index (χ0n) is 12.8. The SMILES string of the molecule is Clc1cc(Cl)cc(CC(NCc2ccccc2Cl)c2ncc[nH]2)c1. The van der Waals surface area contributed by atoms with Gasteiger partial charge in [0.25, 0.3) is 0 Å². The van der Waals surface area contributed by atoms with Crippen LogP contribution in [0.1, 0.15) is 23.0 Å². The number of H-pyrrole nitrogens is 1. The third-order valence-corrected chi connectivity index (χ3v) is 4.51. The highest BCUT2D eigenvalue weighted by Gasteiger charge is 2.15. The van der Waals surface area contributed by atoms with E-state index < -0.39 is 0 Å². The highest BCUT2D eigenvalue weighted by atomic mass is 35.5. The summed E-state index contributed by atoms with van der Waals surface area (Å²) < 4.78 is 0. The molecule has 1 aromatic heterocycles. The molecule has 0 amide bonds. The van der Waals surface area contributed by atoms with Crippen LogP contribution >= 0.6 is 34.8 Å². The van der Waals surface area contributed by atoms with Crippen molar-refractivity contribution in [3.63, 3.8) is 0 Å². The monoisotopic (exact) mass is 379 g/mol. The second kappa shape index (κ2) is 8.04. The molecule has 1 heterocycles. The topological polar surface area (TPSA) is 40.7 Å². The quantitative estimate of drug-likeness (QED) is 0.597. The van der Waals surface area contributed by atoms with E-state index in [0.717, 1.165) is 22.0 Å². The van der Waals surface area contributed by atoms with Gasteiger partial charge in [0, 0.05) is 34.0 Å². The summed E-state index contributed by atoms with van der Waals surface area (Å²) in [6.07, 6.45) is 4.26. The molecular formula is C18H16Cl3N3. The molecule has 0 fully saturated rings. The van der Waals surface area contributed by atoms with Gasteiger partial charge in [-0.1, -0.05) is 53.0 Å². The highest BCUT2D eigenvalue weighted by Crippen LogP contribution is 2.24. The van der Waals surface area contributed by atoms with Crippen molar-refractivity contribution in [3.05, 3.63) is 86.9 Å². The van der Waals surface area contributed by atoms with Crippen LogP contribution in [0, 0.1) is 0 Å². The van der Waals surface area contributed by atoms with E-state index in [0.29, 0.717) is 23.0 Å². The van der Waals surface area contributed by atoms with Crippen molar-refractivity contribution in [2.75, 3.05) is 0 Å². The molecule has 3 aromatic rings. The molecule has 0 bridgehead atoms. The molecule has 0 aliphatic carbocycles. The predicted molar refractivity (Wildman–Crippen MR) is 99.8 cm³/mol. The molecule has 124 valence electrons. The zero-order chi connectivity index (χ0) is 16.9. The van der Waals surface area contributed by atoms with Crippen LogP contribution in [0.3, 0.4) is 0 Å². The van der Waals surface area contributed by atoms with Crippen molar-refractivity contribution in [2.24, 2.45) is 0 Å². The number of aromatic amines is 1. The van der Waals surface area contributed by atoms with Crippen LogP contribution in [0.15, 0.2) is 54.9 Å². The highest BCUT2D eigenvalue weighted by molar-refractivity contribution is 6.34. The number of nitrogens with one attached hydrogen (secondary N) is 2. The third-order valence-electron chi connectivity index (χ3n) is 3.71. The Morgan fingerprint density at radius 2 is 1.79 bits per heavy atom. The summed E-state index contributed by atoms with van der Waals surface area (Å²) in [5.74, 6) is 0.859. The lowest BCUT2D eigenvalue weighted by Gasteiger charge is -2.18. The molecule has 24 heavy (non-hydrogen) atoms. The first kappa shape index (κ1) is 17.3. The lowest BCUT2D eigenvalue weighted by Crippen LogP contribution is -2.24. The van der Waals surface area contributed by atoms with Crippen LogP contribution in [0.2, 0.25) is 15.1 Å². The van der Waals surface area contributed by atoms with E-state index in [1.165, 1.54) is 0 Å². The smallest absolute Gasteiger partial charge is 0.123 e. The molecule has 0 aliphatic rings. The average Bonchev–Trinajstić information content (AvgIpc) is 3.06. The normalized spacial score (nSPS) is 12.3. The fourth-order valence-corrected chi connectivity index (χ4v) is 3.35. The summed E-state index contributed by atoms with van der Waals surface area (Å²) in [6.45, 7) is 0.638. The van der Waals surface area contributed by atoms with Gasteiger partial charge >= 0.3 is 0 Å². The van der Waals surface area contributed by atoms with E-state index in [1.807, 2.05) is 42.6 Å². The lowest BCUT2D eigenvalue weighted by molar-refractivity contribution is 0.508. The van der Waals surface area contributed by atoms with Gasteiger partial charge in [-0.15, -0.1) is 0 Å². The van der Waals surface area contributed by atoms with Crippen LogP contribution in [0.4, 0.5) is 0 Å². The number of imidazole rings is 1. The summed E-state index contributed by atoms with van der Waals surface area (Å²) in [5, 5.41) is 5.50. The Hall–Kier alpha value is -1.52. The van der Waals surface area contributed by atoms with E-state index >= 15 is 0 Å². The van der Waals surface area contributed by atoms with E-state index in [1.54, 1.807) is 12.3 Å². The van der Waals surface area contributed by atoms with Gasteiger partial charge in [0.2, 0.25) is 0 Å². The molecular weight excluding hydrogens is 365 g/mol. The maximum atomic E-state index is 6.24. The van der Waals surface area contributed by atoms with Gasteiger partial charge in [0.05, 0.1) is 6.04 Å². The molecule has 6 heteroatoms. The molecule has 0 aliphatic heterocycles. The summed E-state index contributed by atoms with van der Waals surface area (Å²) in [5.41, 5.74) is 2.08. The van der Waals surface area contributed by atoms with Crippen molar-refractivity contribution < 1.29 is 0 Å². The van der Waals surface area contributed by atoms with Crippen LogP contribution < -0.4 is 5.32 Å². The first-order valence-electron chi connectivity index (χ1n) is 7.53. The van der Waals surface area contributed by atoms with Gasteiger partial charge in [-0.3, -0.25) is 0 Å². The van der Waals surface area contributed by atoms with Crippen LogP contribution in [-0.2, 0) is 13.0 Å². The maximum absolute atomic E-state index is 6.24. The largest absolute Gasteiger partial charge is 0.347 e. The van der Waals surface area contributed by atoms with E-state index in [9.17, 15) is 0 Å². The minimum atomic E-state index is -0.00851. The molecule has 2 aromatic carbocycles. The first-order chi connectivity index (χ1) is 11.6. The maximum Gasteiger partial charge on any atom is 0.123 e. The predicted octanol–water partition coefficient (Wildman–Crippen LogP) is 5.44. The number of rotatable bonds is 6. The van der Waals surface area contributed by atoms with Crippen molar-refractivity contribution in [3.8, 4) is 0 Å². The second-order valence-corrected chi connectivity index (χ2v) is 6.76. The first-order valence-corrected chi connectivity index (χ1v) is 8.66. The molecule has 1 unspecified atom stereocenters. The van der Waals surface area contributed by atoms with Crippen LogP contribution in [-0.4, -0.2) is 9.97 Å². The van der Waals surface area contributed by atoms with Gasteiger partial charge < -0.3 is 10.3 Å². The summed E-state index contributed by atoms with van der Waals surface area (Å²) in [6, 6.07) is 13.3. The number of nitrogens with zero attached hydrogens (tertiary/aromatic N) is 1. The second-order valence-electron chi connectivity index (χ2n) is 5.48. The fourth-order valence-electron chi connectivity index (χ4n) is 2.57. The van der Waals surface area contributed by atoms with Gasteiger partial charge in [-0.25, -0.2) is 4.98 Å². The van der Waals surface area contributed by atoms with Crippen molar-refractivity contribution in [1.29, 1.82) is 0 Å². The minimum Gasteiger partial charge on any atom is -0.347 e. The number of benzene rings is 2. The Bertz CT molecular complexity index is 783. The van der Waals surface area contributed by atoms with Gasteiger partial charge in [-0.05, 0) is 41.8 Å². The number of hydrogen-bond donors (Lipinski definition) is 2. The minimum absolute atomic E-state index is 0.00851. The fraction of sp³-hybridized carbons (Fsp3) is 0.167. The van der Waals surface area contributed by atoms with Gasteiger partial charge in [-0.2, -0.15) is 0 Å². The number of hydrogen-bond acceptors (Lipinski definition) is 2. The molecule has 0 saturated carbocycles. The van der Waals surface area contributed by atoms with Crippen molar-refractivity contribution in [2.45, 2.75) is 19.0 Å². The summed E-state index contributed by atoms with van der Waals surface area (Å²) in [4.78, 5) is 7.54. The van der Waals surface area contributed by atoms with Crippen molar-refractivity contribution in [1.82, 2.24) is 15.3 Å².